The van der Waals surface area contributed by atoms with Gasteiger partial charge in [0.1, 0.15) is 12.6 Å². The van der Waals surface area contributed by atoms with Crippen LogP contribution in [0.4, 0.5) is 0 Å². The molecule has 0 radical (unpaired) electrons. The molecule has 0 aliphatic carbocycles. The van der Waals surface area contributed by atoms with Crippen molar-refractivity contribution in [3.05, 3.63) is 59.7 Å². The van der Waals surface area contributed by atoms with Gasteiger partial charge in [0.2, 0.25) is 10.0 Å². The van der Waals surface area contributed by atoms with Crippen molar-refractivity contribution in [2.45, 2.75) is 19.4 Å². The van der Waals surface area contributed by atoms with Gasteiger partial charge in [0.15, 0.2) is 5.78 Å². The van der Waals surface area contributed by atoms with Gasteiger partial charge in [-0.15, -0.1) is 0 Å². The number of nitrogens with one attached hydrogen (secondary N) is 2. The minimum absolute atomic E-state index is 0.323. The number of benzene rings is 2. The Balaban J connectivity index is 2.10. The van der Waals surface area contributed by atoms with Gasteiger partial charge in [0, 0.05) is 12.1 Å². The molecule has 0 aliphatic rings. The monoisotopic (exact) mass is 404 g/mol. The van der Waals surface area contributed by atoms with Crippen molar-refractivity contribution < 1.29 is 23.1 Å². The fraction of sp³-hybridized carbons (Fsp3) is 0.300. The minimum atomic E-state index is -3.54. The average Bonchev–Trinajstić information content (AvgIpc) is 2.69. The van der Waals surface area contributed by atoms with Crippen LogP contribution in [0.1, 0.15) is 22.8 Å². The van der Waals surface area contributed by atoms with Gasteiger partial charge in [0.25, 0.3) is 5.91 Å². The Morgan fingerprint density at radius 3 is 2.00 bits per heavy atom. The van der Waals surface area contributed by atoms with Crippen molar-refractivity contribution in [2.75, 3.05) is 19.4 Å². The van der Waals surface area contributed by atoms with Crippen molar-refractivity contribution >= 4 is 21.7 Å². The lowest BCUT2D eigenvalue weighted by Gasteiger charge is -2.17. The van der Waals surface area contributed by atoms with Crippen LogP contribution in [0.25, 0.3) is 11.1 Å². The predicted molar refractivity (Wildman–Crippen MR) is 107 cm³/mol. The van der Waals surface area contributed by atoms with Crippen molar-refractivity contribution in [2.24, 2.45) is 0 Å². The van der Waals surface area contributed by atoms with Crippen molar-refractivity contribution in [1.29, 1.82) is 0 Å². The van der Waals surface area contributed by atoms with E-state index in [0.29, 0.717) is 5.56 Å². The SMILES string of the molecule is CCc1ccc(-c2ccc(C(=O)NC(CNS(C)(=O)=O)C(=O)CO)cc2)cc1. The van der Waals surface area contributed by atoms with Gasteiger partial charge in [0.05, 0.1) is 6.26 Å². The second-order valence-corrected chi connectivity index (χ2v) is 8.23. The number of amides is 1. The molecule has 0 aliphatic heterocycles. The number of ketones is 1. The molecule has 0 fully saturated rings. The summed E-state index contributed by atoms with van der Waals surface area (Å²) in [7, 11) is -3.54. The molecule has 0 spiro atoms. The number of aryl methyl sites for hydroxylation is 1. The largest absolute Gasteiger partial charge is 0.388 e. The molecule has 0 bridgehead atoms. The van der Waals surface area contributed by atoms with E-state index >= 15 is 0 Å². The number of hydrogen-bond donors (Lipinski definition) is 3. The van der Waals surface area contributed by atoms with E-state index in [4.69, 9.17) is 5.11 Å². The highest BCUT2D eigenvalue weighted by Gasteiger charge is 2.22. The maximum Gasteiger partial charge on any atom is 0.251 e. The third-order valence-electron chi connectivity index (χ3n) is 4.24. The summed E-state index contributed by atoms with van der Waals surface area (Å²) in [6.07, 6.45) is 1.91. The molecule has 150 valence electrons. The zero-order valence-corrected chi connectivity index (χ0v) is 16.6. The Morgan fingerprint density at radius 1 is 1.00 bits per heavy atom. The lowest BCUT2D eigenvalue weighted by atomic mass is 10.0. The third-order valence-corrected chi connectivity index (χ3v) is 4.93. The molecular formula is C20H24N2O5S. The van der Waals surface area contributed by atoms with Crippen LogP contribution in [0.3, 0.4) is 0 Å². The minimum Gasteiger partial charge on any atom is -0.388 e. The van der Waals surface area contributed by atoms with E-state index in [1.807, 2.05) is 12.1 Å². The van der Waals surface area contributed by atoms with Crippen molar-refractivity contribution in [3.63, 3.8) is 0 Å². The second kappa shape index (κ2) is 9.59. The third kappa shape index (κ3) is 6.26. The van der Waals surface area contributed by atoms with Crippen LogP contribution < -0.4 is 10.0 Å². The molecule has 0 heterocycles. The van der Waals surface area contributed by atoms with Crippen LogP contribution in [0.2, 0.25) is 0 Å². The lowest BCUT2D eigenvalue weighted by Crippen LogP contribution is -2.49. The molecule has 2 rings (SSSR count). The van der Waals surface area contributed by atoms with Crippen LogP contribution in [-0.4, -0.2) is 50.7 Å². The number of aliphatic hydroxyl groups is 1. The summed E-state index contributed by atoms with van der Waals surface area (Å²) in [5, 5.41) is 11.5. The molecular weight excluding hydrogens is 380 g/mol. The second-order valence-electron chi connectivity index (χ2n) is 6.40. The van der Waals surface area contributed by atoms with Gasteiger partial charge >= 0.3 is 0 Å². The van der Waals surface area contributed by atoms with Gasteiger partial charge in [-0.05, 0) is 35.2 Å². The van der Waals surface area contributed by atoms with Gasteiger partial charge in [-0.2, -0.15) is 0 Å². The van der Waals surface area contributed by atoms with E-state index in [2.05, 4.69) is 29.1 Å². The van der Waals surface area contributed by atoms with Gasteiger partial charge in [-0.25, -0.2) is 13.1 Å². The van der Waals surface area contributed by atoms with Crippen molar-refractivity contribution in [1.82, 2.24) is 10.0 Å². The summed E-state index contributed by atoms with van der Waals surface area (Å²) in [5.74, 6) is -1.22. The molecule has 1 unspecified atom stereocenters. The molecule has 28 heavy (non-hydrogen) atoms. The van der Waals surface area contributed by atoms with Crippen LogP contribution in [0.5, 0.6) is 0 Å². The maximum atomic E-state index is 12.4. The van der Waals surface area contributed by atoms with E-state index in [1.54, 1.807) is 24.3 Å². The highest BCUT2D eigenvalue weighted by atomic mass is 32.2. The quantitative estimate of drug-likeness (QED) is 0.580. The first-order valence-electron chi connectivity index (χ1n) is 8.82. The summed E-state index contributed by atoms with van der Waals surface area (Å²) >= 11 is 0. The molecule has 2 aromatic carbocycles. The number of carbonyl (C=O) groups is 2. The number of hydrogen-bond acceptors (Lipinski definition) is 5. The molecule has 3 N–H and O–H groups in total. The highest BCUT2D eigenvalue weighted by Crippen LogP contribution is 2.20. The number of sulfonamides is 1. The lowest BCUT2D eigenvalue weighted by molar-refractivity contribution is -0.123. The fourth-order valence-corrected chi connectivity index (χ4v) is 3.05. The highest BCUT2D eigenvalue weighted by molar-refractivity contribution is 7.88. The molecule has 0 saturated carbocycles. The molecule has 1 amide bonds. The summed E-state index contributed by atoms with van der Waals surface area (Å²) in [5.41, 5.74) is 3.53. The van der Waals surface area contributed by atoms with E-state index < -0.39 is 34.4 Å². The molecule has 2 aromatic rings. The summed E-state index contributed by atoms with van der Waals surface area (Å²) in [6, 6.07) is 13.8. The Kier molecular flexibility index (Phi) is 7.45. The van der Waals surface area contributed by atoms with E-state index in [9.17, 15) is 18.0 Å². The molecule has 0 saturated heterocycles. The number of carbonyl (C=O) groups excluding carboxylic acids is 2. The standard InChI is InChI=1S/C20H24N2O5S/c1-3-14-4-6-15(7-5-14)16-8-10-17(11-9-16)20(25)22-18(19(24)13-23)12-21-28(2,26)27/h4-11,18,21,23H,3,12-13H2,1-2H3,(H,22,25). The smallest absolute Gasteiger partial charge is 0.251 e. The summed E-state index contributed by atoms with van der Waals surface area (Å²) in [6.45, 7) is 0.956. The molecule has 8 heteroatoms. The first-order chi connectivity index (χ1) is 13.2. The zero-order chi connectivity index (χ0) is 20.7. The Labute approximate surface area is 164 Å². The first-order valence-corrected chi connectivity index (χ1v) is 10.7. The van der Waals surface area contributed by atoms with Crippen LogP contribution in [-0.2, 0) is 21.2 Å². The Bertz CT molecular complexity index is 922. The van der Waals surface area contributed by atoms with Gasteiger partial charge < -0.3 is 10.4 Å². The van der Waals surface area contributed by atoms with Crippen molar-refractivity contribution in [3.8, 4) is 11.1 Å². The Morgan fingerprint density at radius 2 is 1.54 bits per heavy atom. The van der Waals surface area contributed by atoms with Crippen LogP contribution in [0, 0.1) is 0 Å². The summed E-state index contributed by atoms with van der Waals surface area (Å²) < 4.78 is 24.6. The van der Waals surface area contributed by atoms with E-state index in [1.165, 1.54) is 5.56 Å². The van der Waals surface area contributed by atoms with Gasteiger partial charge in [-0.3, -0.25) is 9.59 Å². The number of Topliss-reactive ketones (excluding diaryl/α,β-unsaturated/α-hetero) is 1. The Hall–Kier alpha value is -2.55. The van der Waals surface area contributed by atoms with Gasteiger partial charge in [-0.1, -0.05) is 43.3 Å². The normalized spacial score (nSPS) is 12.4. The average molecular weight is 404 g/mol. The predicted octanol–water partition coefficient (Wildman–Crippen LogP) is 1.12. The van der Waals surface area contributed by atoms with E-state index in [0.717, 1.165) is 23.8 Å². The molecule has 1 atom stereocenters. The fourth-order valence-electron chi connectivity index (χ4n) is 2.58. The molecule has 7 nitrogen and oxygen atoms in total. The number of rotatable bonds is 9. The number of aliphatic hydroxyl groups excluding tert-OH is 1. The summed E-state index contributed by atoms with van der Waals surface area (Å²) in [4.78, 5) is 24.2. The van der Waals surface area contributed by atoms with Crippen LogP contribution >= 0.6 is 0 Å². The zero-order valence-electron chi connectivity index (χ0n) is 15.8. The van der Waals surface area contributed by atoms with Crippen LogP contribution in [0.15, 0.2) is 48.5 Å². The van der Waals surface area contributed by atoms with E-state index in [-0.39, 0.29) is 6.54 Å². The first kappa shape index (κ1) is 21.7. The maximum absolute atomic E-state index is 12.4. The molecule has 0 aromatic heterocycles. The topological polar surface area (TPSA) is 113 Å².